The molecule has 1 aromatic carbocycles. The fourth-order valence-corrected chi connectivity index (χ4v) is 5.00. The van der Waals surface area contributed by atoms with Crippen molar-refractivity contribution in [1.29, 1.82) is 0 Å². The first-order chi connectivity index (χ1) is 18.2. The van der Waals surface area contributed by atoms with E-state index in [4.69, 9.17) is 21.1 Å². The van der Waals surface area contributed by atoms with Crippen LogP contribution in [0.1, 0.15) is 42.3 Å². The van der Waals surface area contributed by atoms with E-state index in [1.165, 1.54) is 23.6 Å². The van der Waals surface area contributed by atoms with Crippen LogP contribution in [0.15, 0.2) is 49.0 Å². The molecule has 0 aliphatic carbocycles. The van der Waals surface area contributed by atoms with Crippen molar-refractivity contribution in [2.24, 2.45) is 9.55 Å². The minimum atomic E-state index is -3.94. The smallest absolute Gasteiger partial charge is 0.335 e. The van der Waals surface area contributed by atoms with E-state index in [-0.39, 0.29) is 47.6 Å². The van der Waals surface area contributed by atoms with Gasteiger partial charge in [0.25, 0.3) is 0 Å². The number of anilines is 1. The van der Waals surface area contributed by atoms with Crippen LogP contribution in [0.4, 0.5) is 10.2 Å². The molecule has 3 aromatic rings. The Labute approximate surface area is 235 Å². The summed E-state index contributed by atoms with van der Waals surface area (Å²) in [4.78, 5) is 17.7. The van der Waals surface area contributed by atoms with Crippen LogP contribution >= 0.6 is 38.9 Å². The van der Waals surface area contributed by atoms with Gasteiger partial charge in [0.1, 0.15) is 11.5 Å². The van der Waals surface area contributed by atoms with Crippen LogP contribution in [0.3, 0.4) is 0 Å². The second kappa shape index (κ2) is 14.4. The van der Waals surface area contributed by atoms with Gasteiger partial charge in [0.2, 0.25) is 0 Å². The van der Waals surface area contributed by atoms with Crippen LogP contribution in [0.25, 0.3) is 0 Å². The fourth-order valence-electron chi connectivity index (χ4n) is 2.89. The van der Waals surface area contributed by atoms with Crippen LogP contribution in [0.5, 0.6) is 0 Å². The Balaban J connectivity index is 1.67. The molecule has 16 heteroatoms. The number of benzene rings is 1. The normalized spacial score (nSPS) is 12.3. The number of carbonyl (C=O) groups is 1. The number of unbranched alkanes of at least 4 members (excludes halogenated alkanes) is 1. The molecule has 2 heterocycles. The number of nitrogens with one attached hydrogen (secondary N) is 2. The van der Waals surface area contributed by atoms with Crippen molar-refractivity contribution in [3.8, 4) is 0 Å². The Kier molecular flexibility index (Phi) is 11.3. The minimum Gasteiger partial charge on any atom is -0.364 e. The molecular formula is C22H23BrClFN6O5S2. The van der Waals surface area contributed by atoms with Crippen LogP contribution < -0.4 is 10.0 Å². The summed E-state index contributed by atoms with van der Waals surface area (Å²) in [5.41, 5.74) is 0.981. The maximum Gasteiger partial charge on any atom is 0.335 e. The first kappa shape index (κ1) is 29.8. The Morgan fingerprint density at radius 3 is 2.82 bits per heavy atom. The molecule has 38 heavy (non-hydrogen) atoms. The van der Waals surface area contributed by atoms with E-state index in [2.05, 4.69) is 45.8 Å². The maximum atomic E-state index is 13.7. The van der Waals surface area contributed by atoms with Crippen molar-refractivity contribution in [2.75, 3.05) is 18.4 Å². The summed E-state index contributed by atoms with van der Waals surface area (Å²) in [6, 6.07) is 7.68. The minimum absolute atomic E-state index is 0.0411. The second-order valence-electron chi connectivity index (χ2n) is 7.66. The molecule has 0 atom stereocenters. The zero-order valence-electron chi connectivity index (χ0n) is 20.0. The number of thiophene rings is 1. The summed E-state index contributed by atoms with van der Waals surface area (Å²) in [6.45, 7) is 1.99. The highest BCUT2D eigenvalue weighted by Crippen LogP contribution is 2.21. The number of carbonyl (C=O) groups excluding carboxylic acids is 1. The average Bonchev–Trinajstić information content (AvgIpc) is 3.52. The van der Waals surface area contributed by atoms with E-state index < -0.39 is 22.0 Å². The number of rotatable bonds is 14. The molecule has 0 saturated heterocycles. The monoisotopic (exact) mass is 648 g/mol. The highest BCUT2D eigenvalue weighted by Gasteiger charge is 2.19. The zero-order chi connectivity index (χ0) is 27.5. The SMILES string of the molecule is CCCCC(=O)O/N=C(\Cc1ccc(F)c(Br)c1)c1nonc1NCCNS(=O)(=O)N=Cc1ccc(Cl)s1. The molecule has 0 aliphatic rings. The zero-order valence-corrected chi connectivity index (χ0v) is 24.0. The second-order valence-corrected chi connectivity index (χ2v) is 11.7. The lowest BCUT2D eigenvalue weighted by molar-refractivity contribution is -0.143. The maximum absolute atomic E-state index is 13.7. The molecule has 0 aliphatic heterocycles. The fraction of sp³-hybridized carbons (Fsp3) is 0.318. The third-order valence-electron chi connectivity index (χ3n) is 4.72. The number of hydrogen-bond donors (Lipinski definition) is 2. The van der Waals surface area contributed by atoms with Crippen molar-refractivity contribution < 1.29 is 27.1 Å². The molecule has 0 bridgehead atoms. The lowest BCUT2D eigenvalue weighted by atomic mass is 10.1. The van der Waals surface area contributed by atoms with Gasteiger partial charge < -0.3 is 10.2 Å². The van der Waals surface area contributed by atoms with Gasteiger partial charge in [0.05, 0.1) is 15.0 Å². The van der Waals surface area contributed by atoms with Crippen LogP contribution in [-0.4, -0.2) is 49.7 Å². The van der Waals surface area contributed by atoms with Crippen molar-refractivity contribution in [3.63, 3.8) is 0 Å². The summed E-state index contributed by atoms with van der Waals surface area (Å²) in [6.07, 6.45) is 2.96. The number of halogens is 3. The number of nitrogens with zero attached hydrogens (tertiary/aromatic N) is 4. The third kappa shape index (κ3) is 9.54. The van der Waals surface area contributed by atoms with E-state index in [1.807, 2.05) is 6.92 Å². The summed E-state index contributed by atoms with van der Waals surface area (Å²) >= 11 is 10.2. The topological polar surface area (TPSA) is 148 Å². The molecule has 0 radical (unpaired) electrons. The number of oxime groups is 1. The quantitative estimate of drug-likeness (QED) is 0.110. The van der Waals surface area contributed by atoms with Gasteiger partial charge in [-0.2, -0.15) is 17.5 Å². The Bertz CT molecular complexity index is 1410. The van der Waals surface area contributed by atoms with Gasteiger partial charge in [0.15, 0.2) is 11.5 Å². The van der Waals surface area contributed by atoms with Crippen LogP contribution in [0.2, 0.25) is 4.34 Å². The molecule has 0 amide bonds. The van der Waals surface area contributed by atoms with Crippen LogP contribution in [-0.2, 0) is 26.3 Å². The Hall–Kier alpha value is -2.72. The molecule has 2 N–H and O–H groups in total. The standard InChI is InChI=1S/C22H23BrClFN6O5S2/c1-2-3-4-20(32)35-29-18(12-14-5-7-17(25)16(23)11-14)21-22(31-36-30-21)26-9-10-27-38(33,34)28-13-15-6-8-19(24)37-15/h5-8,11,13,27H,2-4,9-10,12H2,1H3,(H,26,31)/b28-13?,29-18+. The third-order valence-corrected chi connectivity index (χ3v) is 7.45. The molecule has 0 spiro atoms. The van der Waals surface area contributed by atoms with Crippen molar-refractivity contribution in [3.05, 3.63) is 61.1 Å². The highest BCUT2D eigenvalue weighted by atomic mass is 79.9. The number of aromatic nitrogens is 2. The first-order valence-corrected chi connectivity index (χ1v) is 14.7. The summed E-state index contributed by atoms with van der Waals surface area (Å²) in [7, 11) is -3.94. The lowest BCUT2D eigenvalue weighted by Gasteiger charge is -2.08. The van der Waals surface area contributed by atoms with Crippen molar-refractivity contribution in [1.82, 2.24) is 15.0 Å². The Morgan fingerprint density at radius 2 is 2.11 bits per heavy atom. The molecule has 2 aromatic heterocycles. The molecular weight excluding hydrogens is 627 g/mol. The van der Waals surface area contributed by atoms with Crippen molar-refractivity contribution >= 4 is 72.8 Å². The average molecular weight is 650 g/mol. The van der Waals surface area contributed by atoms with Gasteiger partial charge >= 0.3 is 16.2 Å². The van der Waals surface area contributed by atoms with E-state index in [0.717, 1.165) is 6.42 Å². The molecule has 0 unspecified atom stereocenters. The molecule has 3 rings (SSSR count). The highest BCUT2D eigenvalue weighted by molar-refractivity contribution is 9.10. The van der Waals surface area contributed by atoms with E-state index in [9.17, 15) is 17.6 Å². The summed E-state index contributed by atoms with van der Waals surface area (Å²) < 4.78 is 49.4. The van der Waals surface area contributed by atoms with Gasteiger partial charge in [-0.1, -0.05) is 36.2 Å². The molecule has 11 nitrogen and oxygen atoms in total. The van der Waals surface area contributed by atoms with Gasteiger partial charge in [-0.15, -0.1) is 11.3 Å². The van der Waals surface area contributed by atoms with Gasteiger partial charge in [0, 0.05) is 30.8 Å². The lowest BCUT2D eigenvalue weighted by Crippen LogP contribution is -2.27. The Morgan fingerprint density at radius 1 is 1.29 bits per heavy atom. The van der Waals surface area contributed by atoms with E-state index >= 15 is 0 Å². The molecule has 204 valence electrons. The van der Waals surface area contributed by atoms with Crippen molar-refractivity contribution in [2.45, 2.75) is 32.6 Å². The predicted octanol–water partition coefficient (Wildman–Crippen LogP) is 4.73. The largest absolute Gasteiger partial charge is 0.364 e. The van der Waals surface area contributed by atoms with Gasteiger partial charge in [-0.05, 0) is 62.5 Å². The summed E-state index contributed by atoms with van der Waals surface area (Å²) in [5, 5.41) is 14.5. The molecule has 0 fully saturated rings. The van der Waals surface area contributed by atoms with E-state index in [0.29, 0.717) is 21.2 Å². The predicted molar refractivity (Wildman–Crippen MR) is 147 cm³/mol. The number of hydrogen-bond acceptors (Lipinski definition) is 10. The molecule has 0 saturated carbocycles. The van der Waals surface area contributed by atoms with Gasteiger partial charge in [-0.25, -0.2) is 13.8 Å². The van der Waals surface area contributed by atoms with Gasteiger partial charge in [-0.3, -0.25) is 0 Å². The first-order valence-electron chi connectivity index (χ1n) is 11.2. The van der Waals surface area contributed by atoms with Crippen LogP contribution in [0, 0.1) is 5.82 Å². The van der Waals surface area contributed by atoms with E-state index in [1.54, 1.807) is 24.3 Å². The summed E-state index contributed by atoms with van der Waals surface area (Å²) in [5.74, 6) is -0.810.